The standard InChI is InChI=1S/C22H31N3O3/c1-28-19-8-4-7-18(15-19)23-21(26)20(16-5-2-3-6-16)24-11-13-25(14-12-24)22(27)17-9-10-17/h4,7-8,15-17,20H,2-3,5-6,9-14H2,1H3,(H,23,26)/t20-/m0/s1. The maximum absolute atomic E-state index is 13.3. The Morgan fingerprint density at radius 3 is 2.43 bits per heavy atom. The van der Waals surface area contributed by atoms with Gasteiger partial charge in [0.1, 0.15) is 5.75 Å². The Kier molecular flexibility index (Phi) is 5.85. The Balaban J connectivity index is 1.43. The van der Waals surface area contributed by atoms with Crippen LogP contribution in [0.1, 0.15) is 38.5 Å². The van der Waals surface area contributed by atoms with Gasteiger partial charge in [0.15, 0.2) is 0 Å². The van der Waals surface area contributed by atoms with Crippen LogP contribution in [0.4, 0.5) is 5.69 Å². The Morgan fingerprint density at radius 2 is 1.79 bits per heavy atom. The number of ether oxygens (including phenoxy) is 1. The highest BCUT2D eigenvalue weighted by Gasteiger charge is 2.39. The van der Waals surface area contributed by atoms with Crippen molar-refractivity contribution in [3.05, 3.63) is 24.3 Å². The molecule has 0 bridgehead atoms. The Morgan fingerprint density at radius 1 is 1.07 bits per heavy atom. The van der Waals surface area contributed by atoms with Gasteiger partial charge >= 0.3 is 0 Å². The number of amides is 2. The first kappa shape index (κ1) is 19.2. The quantitative estimate of drug-likeness (QED) is 0.818. The molecule has 0 aromatic heterocycles. The van der Waals surface area contributed by atoms with Crippen LogP contribution in [0.25, 0.3) is 0 Å². The molecule has 1 N–H and O–H groups in total. The lowest BCUT2D eigenvalue weighted by Crippen LogP contribution is -2.57. The summed E-state index contributed by atoms with van der Waals surface area (Å²) in [5.74, 6) is 1.80. The lowest BCUT2D eigenvalue weighted by molar-refractivity contribution is -0.135. The molecule has 152 valence electrons. The zero-order valence-electron chi connectivity index (χ0n) is 16.7. The predicted octanol–water partition coefficient (Wildman–Crippen LogP) is 2.75. The number of carbonyl (C=O) groups excluding carboxylic acids is 2. The van der Waals surface area contributed by atoms with Gasteiger partial charge in [-0.15, -0.1) is 0 Å². The summed E-state index contributed by atoms with van der Waals surface area (Å²) in [7, 11) is 1.63. The van der Waals surface area contributed by atoms with Gasteiger partial charge in [0.25, 0.3) is 0 Å². The molecule has 6 heteroatoms. The van der Waals surface area contributed by atoms with Crippen LogP contribution in [0.3, 0.4) is 0 Å². The maximum Gasteiger partial charge on any atom is 0.242 e. The number of nitrogens with zero attached hydrogens (tertiary/aromatic N) is 2. The van der Waals surface area contributed by atoms with Crippen LogP contribution >= 0.6 is 0 Å². The largest absolute Gasteiger partial charge is 0.497 e. The van der Waals surface area contributed by atoms with Gasteiger partial charge in [0.2, 0.25) is 11.8 Å². The summed E-state index contributed by atoms with van der Waals surface area (Å²) in [6.45, 7) is 3.05. The smallest absolute Gasteiger partial charge is 0.242 e. The molecule has 1 saturated heterocycles. The van der Waals surface area contributed by atoms with Gasteiger partial charge < -0.3 is 15.0 Å². The van der Waals surface area contributed by atoms with E-state index in [1.165, 1.54) is 12.8 Å². The fraction of sp³-hybridized carbons (Fsp3) is 0.636. The topological polar surface area (TPSA) is 61.9 Å². The van der Waals surface area contributed by atoms with Crippen molar-refractivity contribution in [2.45, 2.75) is 44.6 Å². The lowest BCUT2D eigenvalue weighted by atomic mass is 9.94. The van der Waals surface area contributed by atoms with Crippen LogP contribution in [-0.4, -0.2) is 60.9 Å². The minimum absolute atomic E-state index is 0.0714. The van der Waals surface area contributed by atoms with E-state index in [1.54, 1.807) is 7.11 Å². The zero-order valence-corrected chi connectivity index (χ0v) is 16.7. The van der Waals surface area contributed by atoms with Crippen molar-refractivity contribution in [1.82, 2.24) is 9.80 Å². The van der Waals surface area contributed by atoms with Crippen molar-refractivity contribution in [3.63, 3.8) is 0 Å². The highest BCUT2D eigenvalue weighted by molar-refractivity contribution is 5.95. The lowest BCUT2D eigenvalue weighted by Gasteiger charge is -2.40. The molecule has 1 aliphatic heterocycles. The molecule has 2 amide bonds. The number of nitrogens with one attached hydrogen (secondary N) is 1. The third kappa shape index (κ3) is 4.32. The van der Waals surface area contributed by atoms with Gasteiger partial charge in [-0.05, 0) is 43.7 Å². The maximum atomic E-state index is 13.3. The van der Waals surface area contributed by atoms with Crippen LogP contribution in [0.5, 0.6) is 5.75 Å². The van der Waals surface area contributed by atoms with Gasteiger partial charge in [-0.2, -0.15) is 0 Å². The number of hydrogen-bond acceptors (Lipinski definition) is 4. The second-order valence-electron chi connectivity index (χ2n) is 8.35. The molecule has 0 spiro atoms. The minimum atomic E-state index is -0.119. The summed E-state index contributed by atoms with van der Waals surface area (Å²) in [5, 5.41) is 3.11. The van der Waals surface area contributed by atoms with E-state index in [0.717, 1.165) is 63.3 Å². The summed E-state index contributed by atoms with van der Waals surface area (Å²) in [5.41, 5.74) is 0.773. The molecule has 1 heterocycles. The molecule has 28 heavy (non-hydrogen) atoms. The molecule has 2 aliphatic carbocycles. The van der Waals surface area contributed by atoms with Gasteiger partial charge in [0.05, 0.1) is 13.2 Å². The van der Waals surface area contributed by atoms with E-state index in [1.807, 2.05) is 29.2 Å². The number of rotatable bonds is 6. The van der Waals surface area contributed by atoms with Crippen LogP contribution in [0.15, 0.2) is 24.3 Å². The molecular weight excluding hydrogens is 354 g/mol. The summed E-state index contributed by atoms with van der Waals surface area (Å²) in [4.78, 5) is 29.9. The Labute approximate surface area is 167 Å². The number of piperazine rings is 1. The first-order valence-corrected chi connectivity index (χ1v) is 10.6. The summed E-state index contributed by atoms with van der Waals surface area (Å²) < 4.78 is 5.27. The van der Waals surface area contributed by atoms with Crippen LogP contribution in [0.2, 0.25) is 0 Å². The molecule has 0 unspecified atom stereocenters. The van der Waals surface area contributed by atoms with Crippen molar-refractivity contribution >= 4 is 17.5 Å². The molecule has 2 saturated carbocycles. The average molecular weight is 386 g/mol. The van der Waals surface area contributed by atoms with Gasteiger partial charge in [-0.3, -0.25) is 14.5 Å². The molecule has 3 fully saturated rings. The summed E-state index contributed by atoms with van der Waals surface area (Å²) in [6, 6.07) is 7.40. The van der Waals surface area contributed by atoms with Gasteiger partial charge in [-0.25, -0.2) is 0 Å². The fourth-order valence-electron chi connectivity index (χ4n) is 4.68. The number of carbonyl (C=O) groups is 2. The molecule has 4 rings (SSSR count). The molecule has 1 atom stereocenters. The van der Waals surface area contributed by atoms with E-state index in [0.29, 0.717) is 11.8 Å². The van der Waals surface area contributed by atoms with E-state index in [2.05, 4.69) is 10.2 Å². The van der Waals surface area contributed by atoms with Gasteiger partial charge in [0, 0.05) is 43.9 Å². The third-order valence-electron chi connectivity index (χ3n) is 6.40. The van der Waals surface area contributed by atoms with Crippen molar-refractivity contribution in [2.24, 2.45) is 11.8 Å². The molecule has 6 nitrogen and oxygen atoms in total. The number of hydrogen-bond donors (Lipinski definition) is 1. The fourth-order valence-corrected chi connectivity index (χ4v) is 4.68. The second kappa shape index (κ2) is 8.52. The van der Waals surface area contributed by atoms with E-state index >= 15 is 0 Å². The van der Waals surface area contributed by atoms with Crippen molar-refractivity contribution < 1.29 is 14.3 Å². The summed E-state index contributed by atoms with van der Waals surface area (Å²) >= 11 is 0. The van der Waals surface area contributed by atoms with E-state index in [-0.39, 0.29) is 17.9 Å². The number of benzene rings is 1. The van der Waals surface area contributed by atoms with E-state index in [4.69, 9.17) is 4.74 Å². The van der Waals surface area contributed by atoms with Crippen molar-refractivity contribution in [1.29, 1.82) is 0 Å². The van der Waals surface area contributed by atoms with Crippen molar-refractivity contribution in [2.75, 3.05) is 38.6 Å². The summed E-state index contributed by atoms with van der Waals surface area (Å²) in [6.07, 6.45) is 6.72. The molecule has 1 aromatic rings. The molecule has 3 aliphatic rings. The minimum Gasteiger partial charge on any atom is -0.497 e. The predicted molar refractivity (Wildman–Crippen MR) is 108 cm³/mol. The van der Waals surface area contributed by atoms with Crippen LogP contribution < -0.4 is 10.1 Å². The van der Waals surface area contributed by atoms with Crippen LogP contribution in [0, 0.1) is 11.8 Å². The SMILES string of the molecule is COc1cccc(NC(=O)[C@H](C2CCCC2)N2CCN(C(=O)C3CC3)CC2)c1. The monoisotopic (exact) mass is 385 g/mol. The van der Waals surface area contributed by atoms with Crippen LogP contribution in [-0.2, 0) is 9.59 Å². The third-order valence-corrected chi connectivity index (χ3v) is 6.40. The number of anilines is 1. The van der Waals surface area contributed by atoms with Gasteiger partial charge in [-0.1, -0.05) is 18.9 Å². The average Bonchev–Trinajstić information content (AvgIpc) is 3.44. The normalized spacial score (nSPS) is 22.1. The van der Waals surface area contributed by atoms with E-state index < -0.39 is 0 Å². The number of methoxy groups -OCH3 is 1. The first-order valence-electron chi connectivity index (χ1n) is 10.6. The highest BCUT2D eigenvalue weighted by atomic mass is 16.5. The second-order valence-corrected chi connectivity index (χ2v) is 8.35. The van der Waals surface area contributed by atoms with Crippen molar-refractivity contribution in [3.8, 4) is 5.75 Å². The Bertz CT molecular complexity index is 705. The Hall–Kier alpha value is -2.08. The molecular formula is C22H31N3O3. The first-order chi connectivity index (χ1) is 13.7. The van der Waals surface area contributed by atoms with E-state index in [9.17, 15) is 9.59 Å². The molecule has 1 aromatic carbocycles. The zero-order chi connectivity index (χ0) is 19.5. The molecule has 0 radical (unpaired) electrons. The highest BCUT2D eigenvalue weighted by Crippen LogP contribution is 2.33.